The van der Waals surface area contributed by atoms with Crippen molar-refractivity contribution in [1.82, 2.24) is 0 Å². The molecule has 0 heterocycles. The minimum atomic E-state index is 0.778. The summed E-state index contributed by atoms with van der Waals surface area (Å²) in [7, 11) is 5.05. The van der Waals surface area contributed by atoms with Gasteiger partial charge in [-0.1, -0.05) is 36.4 Å². The van der Waals surface area contributed by atoms with Gasteiger partial charge in [0, 0.05) is 20.3 Å². The van der Waals surface area contributed by atoms with Gasteiger partial charge in [0.2, 0.25) is 0 Å². The monoisotopic (exact) mass is 446 g/mol. The van der Waals surface area contributed by atoms with Crippen LogP contribution in [-0.2, 0) is 0 Å². The molecule has 0 aliphatic rings. The molecule has 0 unspecified atom stereocenters. The average Bonchev–Trinajstić information content (AvgIpc) is 2.67. The van der Waals surface area contributed by atoms with E-state index in [4.69, 9.17) is 14.2 Å². The molecule has 0 aromatic heterocycles. The summed E-state index contributed by atoms with van der Waals surface area (Å²) in [4.78, 5) is 0. The average molecular weight is 446 g/mol. The van der Waals surface area contributed by atoms with Crippen LogP contribution in [0.1, 0.15) is 0 Å². The molecule has 0 radical (unpaired) electrons. The van der Waals surface area contributed by atoms with Gasteiger partial charge in [-0.15, -0.1) is 0 Å². The van der Waals surface area contributed by atoms with Crippen molar-refractivity contribution >= 4 is 22.6 Å². The van der Waals surface area contributed by atoms with Crippen LogP contribution < -0.4 is 14.2 Å². The molecule has 0 fully saturated rings. The lowest BCUT2D eigenvalue weighted by atomic mass is 9.92. The summed E-state index contributed by atoms with van der Waals surface area (Å²) in [5.41, 5.74) is 4.02. The lowest BCUT2D eigenvalue weighted by molar-refractivity contribution is 0.403. The normalized spacial score (nSPS) is 10.4. The zero-order valence-corrected chi connectivity index (χ0v) is 16.5. The molecule has 0 aliphatic carbocycles. The summed E-state index contributed by atoms with van der Waals surface area (Å²) in [5.74, 6) is 2.37. The Morgan fingerprint density at radius 2 is 1.04 bits per heavy atom. The summed E-state index contributed by atoms with van der Waals surface area (Å²) < 4.78 is 18.1. The summed E-state index contributed by atoms with van der Waals surface area (Å²) in [6.45, 7) is 0. The number of hydrogen-bond donors (Lipinski definition) is 0. The Hall–Kier alpha value is -2.21. The first-order valence-electron chi connectivity index (χ1n) is 7.84. The molecule has 0 spiro atoms. The summed E-state index contributed by atoms with van der Waals surface area (Å²) in [6.07, 6.45) is 0. The molecule has 0 N–H and O–H groups in total. The molecule has 0 saturated carbocycles. The van der Waals surface area contributed by atoms with Gasteiger partial charge in [-0.05, 0) is 52.4 Å². The van der Waals surface area contributed by atoms with Gasteiger partial charge in [-0.25, -0.2) is 0 Å². The number of ether oxygens (including phenoxy) is 3. The molecular formula is C21H19IO3. The van der Waals surface area contributed by atoms with Crippen LogP contribution >= 0.6 is 22.6 Å². The van der Waals surface area contributed by atoms with Crippen molar-refractivity contribution < 1.29 is 14.2 Å². The molecule has 4 heteroatoms. The number of benzene rings is 3. The van der Waals surface area contributed by atoms with Gasteiger partial charge < -0.3 is 14.2 Å². The third kappa shape index (κ3) is 3.31. The van der Waals surface area contributed by atoms with Gasteiger partial charge in [0.1, 0.15) is 17.2 Å². The molecular weight excluding hydrogens is 427 g/mol. The topological polar surface area (TPSA) is 27.7 Å². The van der Waals surface area contributed by atoms with Crippen molar-refractivity contribution in [2.24, 2.45) is 0 Å². The number of rotatable bonds is 5. The van der Waals surface area contributed by atoms with E-state index in [0.29, 0.717) is 0 Å². The Morgan fingerprint density at radius 3 is 1.60 bits per heavy atom. The Balaban J connectivity index is 2.43. The maximum absolute atomic E-state index is 5.69. The van der Waals surface area contributed by atoms with E-state index in [9.17, 15) is 0 Å². The highest BCUT2D eigenvalue weighted by Crippen LogP contribution is 2.48. The van der Waals surface area contributed by atoms with Gasteiger partial charge in [0.25, 0.3) is 0 Å². The van der Waals surface area contributed by atoms with E-state index in [2.05, 4.69) is 34.7 Å². The fraction of sp³-hybridized carbons (Fsp3) is 0.143. The predicted molar refractivity (Wildman–Crippen MR) is 110 cm³/mol. The lowest BCUT2D eigenvalue weighted by Gasteiger charge is -2.20. The molecule has 3 nitrogen and oxygen atoms in total. The summed E-state index contributed by atoms with van der Waals surface area (Å²) >= 11 is 2.35. The Bertz CT molecular complexity index is 890. The first-order valence-corrected chi connectivity index (χ1v) is 8.92. The zero-order chi connectivity index (χ0) is 17.8. The van der Waals surface area contributed by atoms with Crippen LogP contribution in [0, 0.1) is 3.57 Å². The van der Waals surface area contributed by atoms with Crippen molar-refractivity contribution in [3.05, 3.63) is 64.2 Å². The smallest absolute Gasteiger partial charge is 0.127 e. The van der Waals surface area contributed by atoms with E-state index in [-0.39, 0.29) is 0 Å². The molecule has 3 rings (SSSR count). The fourth-order valence-electron chi connectivity index (χ4n) is 2.95. The molecule has 25 heavy (non-hydrogen) atoms. The summed E-state index contributed by atoms with van der Waals surface area (Å²) in [5, 5.41) is 0. The predicted octanol–water partition coefficient (Wildman–Crippen LogP) is 5.65. The molecule has 128 valence electrons. The van der Waals surface area contributed by atoms with E-state index < -0.39 is 0 Å². The van der Waals surface area contributed by atoms with Crippen molar-refractivity contribution in [2.45, 2.75) is 0 Å². The van der Waals surface area contributed by atoms with E-state index in [1.165, 1.54) is 0 Å². The second-order valence-corrected chi connectivity index (χ2v) is 6.56. The van der Waals surface area contributed by atoms with E-state index in [1.54, 1.807) is 21.3 Å². The van der Waals surface area contributed by atoms with Crippen molar-refractivity contribution in [3.8, 4) is 39.5 Å². The van der Waals surface area contributed by atoms with Crippen LogP contribution in [0.2, 0.25) is 0 Å². The third-order valence-electron chi connectivity index (χ3n) is 4.09. The zero-order valence-electron chi connectivity index (χ0n) is 14.4. The first kappa shape index (κ1) is 17.6. The van der Waals surface area contributed by atoms with Crippen molar-refractivity contribution in [1.29, 1.82) is 0 Å². The SMILES string of the molecule is COc1ccccc1-c1c(OC)ccc(OC)c1-c1ccccc1I. The minimum Gasteiger partial charge on any atom is -0.496 e. The standard InChI is InChI=1S/C21H19IO3/c1-23-17-11-7-5-9-15(17)21-19(25-3)13-12-18(24-2)20(21)14-8-4-6-10-16(14)22/h4-13H,1-3H3. The number of hydrogen-bond acceptors (Lipinski definition) is 3. The van der Waals surface area contributed by atoms with Crippen molar-refractivity contribution in [3.63, 3.8) is 0 Å². The van der Waals surface area contributed by atoms with Crippen LogP contribution in [0.25, 0.3) is 22.3 Å². The number of methoxy groups -OCH3 is 3. The van der Waals surface area contributed by atoms with Crippen LogP contribution in [-0.4, -0.2) is 21.3 Å². The molecule has 0 aliphatic heterocycles. The van der Waals surface area contributed by atoms with Gasteiger partial charge >= 0.3 is 0 Å². The Labute approximate surface area is 161 Å². The molecule has 0 atom stereocenters. The van der Waals surface area contributed by atoms with E-state index >= 15 is 0 Å². The molecule has 3 aromatic carbocycles. The highest BCUT2D eigenvalue weighted by atomic mass is 127. The Kier molecular flexibility index (Phi) is 5.48. The minimum absolute atomic E-state index is 0.778. The van der Waals surface area contributed by atoms with Crippen LogP contribution in [0.5, 0.6) is 17.2 Å². The quantitative estimate of drug-likeness (QED) is 0.474. The molecule has 3 aromatic rings. The first-order chi connectivity index (χ1) is 12.2. The van der Waals surface area contributed by atoms with Gasteiger partial charge in [0.05, 0.1) is 21.3 Å². The largest absolute Gasteiger partial charge is 0.496 e. The number of para-hydroxylation sites is 1. The molecule has 0 saturated heterocycles. The van der Waals surface area contributed by atoms with Crippen LogP contribution in [0.15, 0.2) is 60.7 Å². The third-order valence-corrected chi connectivity index (χ3v) is 5.03. The highest BCUT2D eigenvalue weighted by Gasteiger charge is 2.22. The maximum atomic E-state index is 5.69. The second kappa shape index (κ2) is 7.78. The van der Waals surface area contributed by atoms with Crippen LogP contribution in [0.4, 0.5) is 0 Å². The van der Waals surface area contributed by atoms with E-state index in [1.807, 2.05) is 48.5 Å². The Morgan fingerprint density at radius 1 is 0.560 bits per heavy atom. The van der Waals surface area contributed by atoms with Gasteiger partial charge in [0.15, 0.2) is 0 Å². The fourth-order valence-corrected chi connectivity index (χ4v) is 3.61. The lowest BCUT2D eigenvalue weighted by Crippen LogP contribution is -1.98. The highest BCUT2D eigenvalue weighted by molar-refractivity contribution is 14.1. The number of halogens is 1. The maximum Gasteiger partial charge on any atom is 0.127 e. The molecule has 0 bridgehead atoms. The van der Waals surface area contributed by atoms with Gasteiger partial charge in [-0.2, -0.15) is 0 Å². The summed E-state index contributed by atoms with van der Waals surface area (Å²) in [6, 6.07) is 20.1. The van der Waals surface area contributed by atoms with Crippen molar-refractivity contribution in [2.75, 3.05) is 21.3 Å². The van der Waals surface area contributed by atoms with Crippen LogP contribution in [0.3, 0.4) is 0 Å². The second-order valence-electron chi connectivity index (χ2n) is 5.40. The van der Waals surface area contributed by atoms with E-state index in [0.717, 1.165) is 43.1 Å². The van der Waals surface area contributed by atoms with Gasteiger partial charge in [-0.3, -0.25) is 0 Å². The molecule has 0 amide bonds.